The number of nitrogens with zero attached hydrogens (tertiary/aromatic N) is 9. The number of alkyl halides is 3. The van der Waals surface area contributed by atoms with Crippen LogP contribution in [-0.4, -0.2) is 265 Å². The van der Waals surface area contributed by atoms with E-state index in [0.29, 0.717) is 44.1 Å². The topological polar surface area (TPSA) is 279 Å². The number of fused-ring (bicyclic) bond motifs is 1. The number of likely N-dealkylation sites (N-methyl/N-ethyl adjacent to an activating group) is 7. The minimum absolute atomic E-state index is 0.0167. The van der Waals surface area contributed by atoms with E-state index in [1.165, 1.54) is 79.9 Å². The predicted octanol–water partition coefficient (Wildman–Crippen LogP) is 4.85. The van der Waals surface area contributed by atoms with E-state index in [0.717, 1.165) is 56.6 Å². The number of benzene rings is 2. The molecule has 3 aliphatic heterocycles. The average Bonchev–Trinajstić information content (AvgIpc) is 1.46. The first-order chi connectivity index (χ1) is 48.1. The molecule has 3 N–H and O–H groups in total. The van der Waals surface area contributed by atoms with Gasteiger partial charge >= 0.3 is 6.18 Å². The standard InChI is InChI=1S/C73H106ClF3N12O13/c1-13-47(5)62-69(99)83(8)43-60(92)81(6)44-61(93)85(10)56(40-49-25-23-46(4)24-26-49)67(97)82(7)42-58(90)78-53(30-28-48-27-29-51(52(74)39-48)73(75,76)77)66(96)89-33-19-22-54(89)65(95)80-72(31-17-18-32-72)71(101)87(12)63(50-20-15-14-16-21-50)70(100)86(11)57(68(98)88-34-36-102-37-35-88)41-59(91)84(9)55(38-45(2)3)64(94)79-62/h23-27,29,39,45,47,50,53-57,62-63H,13-22,28,30-38,40-44H2,1-12H3,(H,78,90)(H,79,94)(H,80,95)/t47-,53-,54?,55-,56-,57-,62-,63-/m0/s1. The molecule has 25 nitrogen and oxygen atoms in total. The summed E-state index contributed by atoms with van der Waals surface area (Å²) in [6, 6.07) is 1.25. The van der Waals surface area contributed by atoms with Gasteiger partial charge in [0.1, 0.15) is 47.8 Å². The summed E-state index contributed by atoms with van der Waals surface area (Å²) < 4.78 is 47.3. The maximum Gasteiger partial charge on any atom is 0.417 e. The number of aryl methyl sites for hydroxylation is 2. The van der Waals surface area contributed by atoms with Crippen molar-refractivity contribution in [1.29, 1.82) is 0 Å². The van der Waals surface area contributed by atoms with E-state index in [4.69, 9.17) is 16.3 Å². The maximum absolute atomic E-state index is 15.8. The van der Waals surface area contributed by atoms with Crippen LogP contribution in [0.1, 0.15) is 146 Å². The molecule has 8 atom stereocenters. The molecule has 2 saturated carbocycles. The lowest BCUT2D eigenvalue weighted by Crippen LogP contribution is -2.65. The third-order valence-corrected chi connectivity index (χ3v) is 21.6. The molecular formula is C73H106ClF3N12O13. The maximum atomic E-state index is 15.8. The van der Waals surface area contributed by atoms with Gasteiger partial charge in [-0.1, -0.05) is 114 Å². The zero-order valence-electron chi connectivity index (χ0n) is 61.3. The smallest absolute Gasteiger partial charge is 0.378 e. The summed E-state index contributed by atoms with van der Waals surface area (Å²) in [6.07, 6.45) is -0.135. The Balaban J connectivity index is 1.30. The fourth-order valence-electron chi connectivity index (χ4n) is 14.7. The van der Waals surface area contributed by atoms with Crippen molar-refractivity contribution in [2.75, 3.05) is 102 Å². The van der Waals surface area contributed by atoms with Gasteiger partial charge in [-0.2, -0.15) is 13.2 Å². The summed E-state index contributed by atoms with van der Waals surface area (Å²) in [4.78, 5) is 191. The lowest BCUT2D eigenvalue weighted by Gasteiger charge is -2.43. The van der Waals surface area contributed by atoms with Crippen LogP contribution >= 0.6 is 11.6 Å². The minimum atomic E-state index is -4.77. The molecule has 0 bridgehead atoms. The molecule has 564 valence electrons. The molecule has 3 heterocycles. The Bertz CT molecular complexity index is 3360. The molecule has 7 rings (SSSR count). The van der Waals surface area contributed by atoms with Crippen LogP contribution in [0.3, 0.4) is 0 Å². The molecule has 1 unspecified atom stereocenters. The Morgan fingerprint density at radius 1 is 0.647 bits per heavy atom. The van der Waals surface area contributed by atoms with Crippen molar-refractivity contribution in [3.05, 3.63) is 69.7 Å². The molecule has 5 fully saturated rings. The van der Waals surface area contributed by atoms with Crippen LogP contribution in [0.15, 0.2) is 42.5 Å². The van der Waals surface area contributed by atoms with Crippen LogP contribution in [0, 0.1) is 24.7 Å². The molecule has 29 heteroatoms. The second-order valence-electron chi connectivity index (χ2n) is 29.2. The summed E-state index contributed by atoms with van der Waals surface area (Å²) in [5, 5.41) is 8.11. The largest absolute Gasteiger partial charge is 0.417 e. The van der Waals surface area contributed by atoms with E-state index < -0.39 is 173 Å². The molecular weight excluding hydrogens is 1350 g/mol. The molecule has 1 spiro atoms. The highest BCUT2D eigenvalue weighted by atomic mass is 35.5. The highest BCUT2D eigenvalue weighted by molar-refractivity contribution is 6.31. The van der Waals surface area contributed by atoms with Gasteiger partial charge in [0.2, 0.25) is 70.9 Å². The fourth-order valence-corrected chi connectivity index (χ4v) is 15.0. The van der Waals surface area contributed by atoms with Crippen molar-refractivity contribution in [2.45, 2.75) is 198 Å². The van der Waals surface area contributed by atoms with Gasteiger partial charge in [-0.15, -0.1) is 0 Å². The highest BCUT2D eigenvalue weighted by Crippen LogP contribution is 2.38. The zero-order chi connectivity index (χ0) is 75.2. The third-order valence-electron chi connectivity index (χ3n) is 21.3. The number of hydrogen-bond donors (Lipinski definition) is 3. The monoisotopic (exact) mass is 1450 g/mol. The number of hydrogen-bond acceptors (Lipinski definition) is 13. The van der Waals surface area contributed by atoms with E-state index in [-0.39, 0.29) is 89.3 Å². The predicted molar refractivity (Wildman–Crippen MR) is 374 cm³/mol. The van der Waals surface area contributed by atoms with Gasteiger partial charge in [0.15, 0.2) is 0 Å². The first-order valence-electron chi connectivity index (χ1n) is 35.9. The van der Waals surface area contributed by atoms with Gasteiger partial charge in [0.05, 0.1) is 49.9 Å². The van der Waals surface area contributed by atoms with Crippen LogP contribution in [0.5, 0.6) is 0 Å². The number of amides is 12. The van der Waals surface area contributed by atoms with E-state index in [1.807, 2.05) is 39.8 Å². The van der Waals surface area contributed by atoms with Crippen LogP contribution in [-0.2, 0) is 81.3 Å². The Labute approximate surface area is 602 Å². The van der Waals surface area contributed by atoms with Crippen molar-refractivity contribution in [1.82, 2.24) is 60.0 Å². The van der Waals surface area contributed by atoms with Crippen LogP contribution in [0.4, 0.5) is 13.2 Å². The van der Waals surface area contributed by atoms with E-state index >= 15 is 28.8 Å². The van der Waals surface area contributed by atoms with Gasteiger partial charge in [0, 0.05) is 75.4 Å². The number of halogens is 4. The SMILES string of the molecule is CC[C@H](C)[C@@H]1NC(=O)[C@H](CC(C)C)N(C)C(=O)C[C@@H](C(=O)N2CCOCC2)N(C)C(=O)[C@H](C2CCCCC2)N(C)C(=O)C2(CCCC2)NC(=O)C2CCCN2C(=O)[C@H](CCc2ccc(C(F)(F)F)c(Cl)c2)NC(=O)CN(C)C(=O)[C@H](Cc2ccc(C)cc2)N(C)C(=O)CN(C)C(=O)CN(C)C1=O. The van der Waals surface area contributed by atoms with Crippen LogP contribution < -0.4 is 16.0 Å². The van der Waals surface area contributed by atoms with Gasteiger partial charge in [-0.25, -0.2) is 0 Å². The Morgan fingerprint density at radius 3 is 1.86 bits per heavy atom. The fraction of sp³-hybridized carbons (Fsp3) is 0.671. The molecule has 3 saturated heterocycles. The highest BCUT2D eigenvalue weighted by Gasteiger charge is 2.51. The van der Waals surface area contributed by atoms with Crippen molar-refractivity contribution < 1.29 is 75.4 Å². The Kier molecular flexibility index (Phi) is 28.8. The van der Waals surface area contributed by atoms with Gasteiger partial charge in [-0.05, 0) is 106 Å². The lowest BCUT2D eigenvalue weighted by molar-refractivity contribution is -0.158. The number of nitrogens with one attached hydrogen (secondary N) is 3. The molecule has 0 aromatic heterocycles. The second kappa shape index (κ2) is 36.0. The molecule has 5 aliphatic rings. The number of morpholine rings is 1. The van der Waals surface area contributed by atoms with Gasteiger partial charge in [0.25, 0.3) is 0 Å². The van der Waals surface area contributed by atoms with E-state index in [2.05, 4.69) is 16.0 Å². The summed E-state index contributed by atoms with van der Waals surface area (Å²) in [7, 11) is 9.77. The zero-order valence-corrected chi connectivity index (χ0v) is 62.1. The molecule has 2 aliphatic carbocycles. The lowest BCUT2D eigenvalue weighted by atomic mass is 9.81. The molecule has 102 heavy (non-hydrogen) atoms. The molecule has 2 aromatic rings. The summed E-state index contributed by atoms with van der Waals surface area (Å²) in [5.74, 6) is -9.32. The van der Waals surface area contributed by atoms with E-state index in [1.54, 1.807) is 19.1 Å². The molecule has 0 radical (unpaired) electrons. The van der Waals surface area contributed by atoms with Crippen molar-refractivity contribution >= 4 is 82.5 Å². The van der Waals surface area contributed by atoms with Crippen molar-refractivity contribution in [3.63, 3.8) is 0 Å². The number of ether oxygens (including phenoxy) is 1. The van der Waals surface area contributed by atoms with Crippen molar-refractivity contribution in [2.24, 2.45) is 17.8 Å². The first-order valence-corrected chi connectivity index (χ1v) is 36.3. The summed E-state index contributed by atoms with van der Waals surface area (Å²) in [5.41, 5.74) is -0.848. The third kappa shape index (κ3) is 20.3. The van der Waals surface area contributed by atoms with Gasteiger partial charge < -0.3 is 64.8 Å². The minimum Gasteiger partial charge on any atom is -0.378 e. The Morgan fingerprint density at radius 2 is 1.25 bits per heavy atom. The Hall–Kier alpha value is -7.88. The number of carbonyl (C=O) groups is 12. The van der Waals surface area contributed by atoms with Crippen molar-refractivity contribution in [3.8, 4) is 0 Å². The normalized spacial score (nSPS) is 25.5. The van der Waals surface area contributed by atoms with Crippen LogP contribution in [0.2, 0.25) is 5.02 Å². The average molecular weight is 1450 g/mol. The molecule has 2 aromatic carbocycles. The van der Waals surface area contributed by atoms with Gasteiger partial charge in [-0.3, -0.25) is 57.5 Å². The number of rotatable bonds is 11. The second-order valence-corrected chi connectivity index (χ2v) is 29.6. The first kappa shape index (κ1) is 81.4. The number of carbonyl (C=O) groups excluding carboxylic acids is 12. The molecule has 12 amide bonds. The quantitative estimate of drug-likeness (QED) is 0.272. The van der Waals surface area contributed by atoms with Crippen LogP contribution in [0.25, 0.3) is 0 Å². The summed E-state index contributed by atoms with van der Waals surface area (Å²) in [6.45, 7) is 8.01. The van der Waals surface area contributed by atoms with E-state index in [9.17, 15) is 41.9 Å². The summed E-state index contributed by atoms with van der Waals surface area (Å²) >= 11 is 6.16.